The third kappa shape index (κ3) is 16.9. The molecular formula is C62H101N5O19S. The van der Waals surface area contributed by atoms with Crippen LogP contribution in [0.25, 0.3) is 10.9 Å². The van der Waals surface area contributed by atoms with Gasteiger partial charge < -0.3 is 92.7 Å². The smallest absolute Gasteiger partial charge is 0.407 e. The average Bonchev–Trinajstić information content (AvgIpc) is 1.55. The lowest BCUT2D eigenvalue weighted by Gasteiger charge is -2.49. The first-order chi connectivity index (χ1) is 40.8. The predicted molar refractivity (Wildman–Crippen MR) is 326 cm³/mol. The van der Waals surface area contributed by atoms with Gasteiger partial charge in [0.25, 0.3) is 0 Å². The summed E-state index contributed by atoms with van der Waals surface area (Å²) in [5.41, 5.74) is -5.07. The molecule has 0 spiro atoms. The molecule has 1 aromatic carbocycles. The minimum atomic E-state index is -2.01. The summed E-state index contributed by atoms with van der Waals surface area (Å²) in [6.45, 7) is 27.9. The molecule has 1 amide bonds. The number of carbonyl (C=O) groups excluding carboxylic acids is 2. The van der Waals surface area contributed by atoms with Crippen LogP contribution in [-0.4, -0.2) is 221 Å². The Hall–Kier alpha value is -4.06. The number of alkyl carbamates (subject to hydrolysis) is 1. The monoisotopic (exact) mass is 1250 g/mol. The van der Waals surface area contributed by atoms with E-state index < -0.39 is 125 Å². The van der Waals surface area contributed by atoms with Gasteiger partial charge in [0, 0.05) is 78.2 Å². The fraction of sp³-hybridized carbons (Fsp3) is 0.790. The molecule has 1 unspecified atom stereocenters. The molecule has 0 radical (unpaired) electrons. The number of carbonyl (C=O) groups is 3. The SMILES string of the molecule is CC[C@H]1OC(=O)[C@H](C)[C@@H](O[C@H]2C[C@@](C)(OC)[C@@H](OC(=O)NCCOCCSc3cc4c5c(c3)c(=O)c(C(=O)O)cn5C(C)(C)OC4)[C@H](C)O2)[C@H](C)[C@@H](OC2O[C@H](C)C[C@H](N(C)C)[C@H]2O)[C@](C)(O)C[C@@H](C)C(=NOCCN(CC)CC)[C@H](C)[C@@H](O)[C@]1(C)O. The van der Waals surface area contributed by atoms with Crippen molar-refractivity contribution in [3.8, 4) is 0 Å². The van der Waals surface area contributed by atoms with Crippen LogP contribution in [-0.2, 0) is 64.6 Å². The molecule has 0 saturated carbocycles. The first-order valence-electron chi connectivity index (χ1n) is 30.8. The van der Waals surface area contributed by atoms with Crippen molar-refractivity contribution in [1.82, 2.24) is 19.7 Å². The van der Waals surface area contributed by atoms with E-state index in [1.807, 2.05) is 66.6 Å². The standard InChI is InChI=1S/C62H101N5O19S/c1-18-45-62(14,76)52(70)36(6)47(64-80-24-22-66(19-2)20-3)34(4)30-60(12,75)53(85-57-50(69)44(65(15)16)27-35(5)81-57)37(7)51(38(8)56(73)83-45)84-46-31-61(13,77-17)54(39(9)82-46)86-58(74)63-21-23-78-25-26-87-41-28-40-33-79-59(10,11)67-32-43(55(71)72)49(68)42(29-41)48(40)67/h28-29,32,34-39,44-46,50-54,57,69-70,75-76H,18-27,30-31,33H2,1-17H3,(H,63,74)(H,71,72)/t34-,35-,36+,37+,38-,39+,44+,45-,46+,50-,51+,52-,53-,54+,57?,60-,61-,62-/m1/s1. The Morgan fingerprint density at radius 3 is 2.23 bits per heavy atom. The normalized spacial score (nSPS) is 35.7. The van der Waals surface area contributed by atoms with Gasteiger partial charge in [-0.25, -0.2) is 9.59 Å². The van der Waals surface area contributed by atoms with Gasteiger partial charge in [-0.3, -0.25) is 9.59 Å². The molecule has 494 valence electrons. The summed E-state index contributed by atoms with van der Waals surface area (Å²) in [6, 6.07) is 3.25. The molecule has 0 bridgehead atoms. The van der Waals surface area contributed by atoms with E-state index in [1.54, 1.807) is 59.1 Å². The van der Waals surface area contributed by atoms with Crippen LogP contribution in [0, 0.1) is 23.7 Å². The summed E-state index contributed by atoms with van der Waals surface area (Å²) < 4.78 is 58.6. The largest absolute Gasteiger partial charge is 0.477 e. The Labute approximate surface area is 517 Å². The number of aliphatic hydroxyl groups excluding tert-OH is 2. The molecule has 25 heteroatoms. The van der Waals surface area contributed by atoms with Crippen LogP contribution in [0.4, 0.5) is 4.79 Å². The predicted octanol–water partition coefficient (Wildman–Crippen LogP) is 5.71. The highest BCUT2D eigenvalue weighted by molar-refractivity contribution is 7.99. The van der Waals surface area contributed by atoms with Gasteiger partial charge in [0.2, 0.25) is 5.43 Å². The minimum absolute atomic E-state index is 0.0198. The number of carboxylic acids is 1. The van der Waals surface area contributed by atoms with Crippen LogP contribution >= 0.6 is 11.8 Å². The van der Waals surface area contributed by atoms with E-state index in [2.05, 4.69) is 15.4 Å². The zero-order valence-electron chi connectivity index (χ0n) is 54.2. The molecule has 0 aliphatic carbocycles. The number of cyclic esters (lactones) is 1. The van der Waals surface area contributed by atoms with E-state index in [0.717, 1.165) is 23.5 Å². The van der Waals surface area contributed by atoms with Crippen LogP contribution in [0.2, 0.25) is 0 Å². The molecule has 3 saturated heterocycles. The maximum atomic E-state index is 14.8. The summed E-state index contributed by atoms with van der Waals surface area (Å²) in [6.07, 6.45) is -9.78. The molecule has 87 heavy (non-hydrogen) atoms. The number of aromatic nitrogens is 1. The maximum absolute atomic E-state index is 14.8. The molecular weight excluding hydrogens is 1150 g/mol. The van der Waals surface area contributed by atoms with E-state index in [0.29, 0.717) is 35.3 Å². The lowest BCUT2D eigenvalue weighted by Crippen LogP contribution is -2.61. The fourth-order valence-corrected chi connectivity index (χ4v) is 13.8. The fourth-order valence-electron chi connectivity index (χ4n) is 12.9. The number of aromatic carboxylic acids is 1. The van der Waals surface area contributed by atoms with Crippen molar-refractivity contribution in [2.45, 2.75) is 224 Å². The van der Waals surface area contributed by atoms with Crippen molar-refractivity contribution in [2.75, 3.05) is 73.0 Å². The van der Waals surface area contributed by atoms with Crippen LogP contribution < -0.4 is 10.7 Å². The number of hydrogen-bond acceptors (Lipinski definition) is 22. The molecule has 18 atom stereocenters. The van der Waals surface area contributed by atoms with Crippen molar-refractivity contribution in [2.24, 2.45) is 28.8 Å². The number of esters is 1. The number of hydrogen-bond donors (Lipinski definition) is 6. The summed E-state index contributed by atoms with van der Waals surface area (Å²) in [4.78, 5) is 64.3. The Bertz CT molecular complexity index is 2720. The topological polar surface area (TPSA) is 298 Å². The second-order valence-electron chi connectivity index (χ2n) is 25.5. The highest BCUT2D eigenvalue weighted by Crippen LogP contribution is 2.42. The Morgan fingerprint density at radius 2 is 1.60 bits per heavy atom. The first kappa shape index (κ1) is 72.0. The molecule has 5 heterocycles. The number of pyridine rings is 1. The Morgan fingerprint density at radius 1 is 0.908 bits per heavy atom. The van der Waals surface area contributed by atoms with E-state index in [4.69, 9.17) is 47.5 Å². The average molecular weight is 1250 g/mol. The van der Waals surface area contributed by atoms with Crippen LogP contribution in [0.3, 0.4) is 0 Å². The summed E-state index contributed by atoms with van der Waals surface area (Å²) >= 11 is 1.43. The molecule has 6 rings (SSSR count). The number of carboxylic acid groups (broad SMARTS) is 1. The number of rotatable bonds is 22. The van der Waals surface area contributed by atoms with Gasteiger partial charge >= 0.3 is 18.0 Å². The van der Waals surface area contributed by atoms with Crippen LogP contribution in [0.1, 0.15) is 139 Å². The first-order valence-corrected chi connectivity index (χ1v) is 31.8. The van der Waals surface area contributed by atoms with E-state index in [-0.39, 0.29) is 69.9 Å². The number of thioether (sulfide) groups is 1. The highest BCUT2D eigenvalue weighted by Gasteiger charge is 2.54. The van der Waals surface area contributed by atoms with Gasteiger partial charge in [0.15, 0.2) is 18.7 Å². The van der Waals surface area contributed by atoms with Gasteiger partial charge in [-0.05, 0) is 114 Å². The molecule has 6 N–H and O–H groups in total. The molecule has 24 nitrogen and oxygen atoms in total. The molecule has 3 fully saturated rings. The number of ether oxygens (including phenoxy) is 9. The van der Waals surface area contributed by atoms with Gasteiger partial charge in [-0.2, -0.15) is 0 Å². The highest BCUT2D eigenvalue weighted by atomic mass is 32.2. The molecule has 2 aromatic rings. The summed E-state index contributed by atoms with van der Waals surface area (Å²) in [7, 11) is 5.19. The molecule has 4 aliphatic rings. The quantitative estimate of drug-likeness (QED) is 0.0356. The van der Waals surface area contributed by atoms with Crippen LogP contribution in [0.15, 0.2) is 33.2 Å². The lowest BCUT2D eigenvalue weighted by atomic mass is 9.73. The van der Waals surface area contributed by atoms with Crippen molar-refractivity contribution >= 4 is 46.4 Å². The number of nitrogens with zero attached hydrogens (tertiary/aromatic N) is 4. The summed E-state index contributed by atoms with van der Waals surface area (Å²) in [5.74, 6) is -5.19. The van der Waals surface area contributed by atoms with Gasteiger partial charge in [0.1, 0.15) is 41.3 Å². The van der Waals surface area contributed by atoms with E-state index in [1.165, 1.54) is 32.0 Å². The van der Waals surface area contributed by atoms with Crippen molar-refractivity contribution in [3.63, 3.8) is 0 Å². The number of methoxy groups -OCH3 is 1. The molecule has 4 aliphatic heterocycles. The third-order valence-electron chi connectivity index (χ3n) is 18.2. The summed E-state index contributed by atoms with van der Waals surface area (Å²) in [5, 5.41) is 66.8. The van der Waals surface area contributed by atoms with Crippen molar-refractivity contribution in [3.05, 3.63) is 39.7 Å². The second kappa shape index (κ2) is 30.4. The number of oxime groups is 1. The zero-order valence-corrected chi connectivity index (χ0v) is 55.0. The third-order valence-corrected chi connectivity index (χ3v) is 19.1. The Kier molecular flexibility index (Phi) is 25.1. The number of nitrogens with one attached hydrogen (secondary N) is 1. The van der Waals surface area contributed by atoms with Gasteiger partial charge in [-0.15, -0.1) is 11.8 Å². The number of benzene rings is 1. The van der Waals surface area contributed by atoms with Crippen LogP contribution in [0.5, 0.6) is 0 Å². The van der Waals surface area contributed by atoms with Gasteiger partial charge in [-0.1, -0.05) is 46.7 Å². The van der Waals surface area contributed by atoms with Crippen molar-refractivity contribution in [1.29, 1.82) is 0 Å². The number of amides is 1. The maximum Gasteiger partial charge on any atom is 0.407 e. The van der Waals surface area contributed by atoms with E-state index >= 15 is 0 Å². The lowest BCUT2D eigenvalue weighted by molar-refractivity contribution is -0.317. The van der Waals surface area contributed by atoms with E-state index in [9.17, 15) is 44.7 Å². The minimum Gasteiger partial charge on any atom is -0.477 e. The van der Waals surface area contributed by atoms with Gasteiger partial charge in [0.05, 0.1) is 73.1 Å². The molecule has 1 aromatic heterocycles. The number of likely N-dealkylation sites (N-methyl/N-ethyl adjacent to an activating group) is 2. The Balaban J connectivity index is 1.19. The van der Waals surface area contributed by atoms with Crippen molar-refractivity contribution < 1.29 is 87.4 Å². The number of aliphatic hydroxyl groups is 4. The zero-order chi connectivity index (χ0) is 64.7. The second-order valence-corrected chi connectivity index (χ2v) is 26.6.